The van der Waals surface area contributed by atoms with Gasteiger partial charge in [0.15, 0.2) is 11.6 Å². The van der Waals surface area contributed by atoms with Gasteiger partial charge in [-0.3, -0.25) is 9.48 Å². The number of carbonyl (C=O) groups is 1. The third-order valence-corrected chi connectivity index (χ3v) is 3.80. The monoisotopic (exact) mass is 257 g/mol. The number of carbonyl (C=O) groups excluding carboxylic acids is 1. The lowest BCUT2D eigenvalue weighted by molar-refractivity contribution is 0.0911. The lowest BCUT2D eigenvalue weighted by Crippen LogP contribution is -2.27. The first-order chi connectivity index (χ1) is 8.87. The molecule has 0 unspecified atom stereocenters. The second-order valence-electron chi connectivity index (χ2n) is 6.27. The largest absolute Gasteiger partial charge is 0.301 e. The van der Waals surface area contributed by atoms with Gasteiger partial charge in [0.05, 0.1) is 0 Å². The van der Waals surface area contributed by atoms with Crippen LogP contribution in [0.15, 0.2) is 18.3 Å². The van der Waals surface area contributed by atoms with E-state index in [2.05, 4.69) is 23.5 Å². The Balaban J connectivity index is 2.20. The highest BCUT2D eigenvalue weighted by Gasteiger charge is 2.34. The third-order valence-electron chi connectivity index (χ3n) is 3.80. The number of fused-ring (bicyclic) bond motifs is 1. The van der Waals surface area contributed by atoms with Gasteiger partial charge >= 0.3 is 0 Å². The molecule has 0 aromatic carbocycles. The van der Waals surface area contributed by atoms with Crippen molar-refractivity contribution in [3.8, 4) is 5.82 Å². The summed E-state index contributed by atoms with van der Waals surface area (Å²) in [6.07, 6.45) is 3.47. The van der Waals surface area contributed by atoms with Crippen molar-refractivity contribution < 1.29 is 4.79 Å². The molecule has 4 nitrogen and oxygen atoms in total. The topological polar surface area (TPSA) is 39.8 Å². The van der Waals surface area contributed by atoms with Crippen LogP contribution in [-0.4, -0.2) is 20.1 Å². The average Bonchev–Trinajstić information content (AvgIpc) is 2.81. The Hall–Kier alpha value is -1.84. The summed E-state index contributed by atoms with van der Waals surface area (Å²) in [6.45, 7) is 6.34. The first-order valence-corrected chi connectivity index (χ1v) is 6.62. The normalized spacial score (nSPS) is 17.6. The van der Waals surface area contributed by atoms with E-state index >= 15 is 0 Å². The van der Waals surface area contributed by atoms with Crippen LogP contribution in [0.3, 0.4) is 0 Å². The molecule has 0 amide bonds. The van der Waals surface area contributed by atoms with Crippen molar-refractivity contribution >= 4 is 5.78 Å². The van der Waals surface area contributed by atoms with E-state index < -0.39 is 0 Å². The smallest absolute Gasteiger partial charge is 0.165 e. The van der Waals surface area contributed by atoms with E-state index in [9.17, 15) is 4.79 Å². The highest BCUT2D eigenvalue weighted by atomic mass is 16.1. The van der Waals surface area contributed by atoms with Crippen molar-refractivity contribution in [2.24, 2.45) is 12.5 Å². The molecule has 0 saturated carbocycles. The molecule has 100 valence electrons. The number of rotatable bonds is 1. The third kappa shape index (κ3) is 1.91. The van der Waals surface area contributed by atoms with Gasteiger partial charge in [0.1, 0.15) is 0 Å². The number of aryl methyl sites for hydroxylation is 2. The summed E-state index contributed by atoms with van der Waals surface area (Å²) in [6, 6.07) is 3.99. The van der Waals surface area contributed by atoms with Crippen LogP contribution in [0.4, 0.5) is 0 Å². The standard InChI is InChI=1S/C15H19N3O/c1-10-7-11-12(8-15(2,3)9-13(11)19)18(10)14-5-6-17(4)16-14/h5-7H,8-9H2,1-4H3. The Labute approximate surface area is 113 Å². The maximum Gasteiger partial charge on any atom is 0.165 e. The molecular formula is C15H19N3O. The van der Waals surface area contributed by atoms with E-state index in [0.717, 1.165) is 29.2 Å². The van der Waals surface area contributed by atoms with Gasteiger partial charge in [-0.1, -0.05) is 13.8 Å². The fourth-order valence-electron chi connectivity index (χ4n) is 2.99. The number of nitrogens with zero attached hydrogens (tertiary/aromatic N) is 3. The molecule has 0 aliphatic heterocycles. The molecule has 2 aromatic rings. The molecular weight excluding hydrogens is 238 g/mol. The minimum Gasteiger partial charge on any atom is -0.301 e. The Bertz CT molecular complexity index is 661. The Morgan fingerprint density at radius 1 is 1.32 bits per heavy atom. The molecule has 0 spiro atoms. The zero-order valence-electron chi connectivity index (χ0n) is 11.9. The van der Waals surface area contributed by atoms with Gasteiger partial charge < -0.3 is 4.57 Å². The highest BCUT2D eigenvalue weighted by Crippen LogP contribution is 2.37. The Morgan fingerprint density at radius 3 is 2.68 bits per heavy atom. The first kappa shape index (κ1) is 12.2. The Morgan fingerprint density at radius 2 is 2.05 bits per heavy atom. The van der Waals surface area contributed by atoms with Crippen LogP contribution >= 0.6 is 0 Å². The maximum absolute atomic E-state index is 12.3. The lowest BCUT2D eigenvalue weighted by atomic mass is 9.76. The summed E-state index contributed by atoms with van der Waals surface area (Å²) in [4.78, 5) is 12.3. The molecule has 1 aliphatic carbocycles. The fraction of sp³-hybridized carbons (Fsp3) is 0.467. The van der Waals surface area contributed by atoms with Gasteiger partial charge in [-0.05, 0) is 24.8 Å². The molecule has 3 rings (SSSR count). The molecule has 0 N–H and O–H groups in total. The van der Waals surface area contributed by atoms with E-state index in [4.69, 9.17) is 0 Å². The summed E-state index contributed by atoms with van der Waals surface area (Å²) < 4.78 is 3.91. The second kappa shape index (κ2) is 3.83. The quantitative estimate of drug-likeness (QED) is 0.788. The van der Waals surface area contributed by atoms with Crippen molar-refractivity contribution in [2.45, 2.75) is 33.6 Å². The van der Waals surface area contributed by atoms with Gasteiger partial charge in [-0.15, -0.1) is 0 Å². The van der Waals surface area contributed by atoms with Crippen molar-refractivity contribution in [1.29, 1.82) is 0 Å². The van der Waals surface area contributed by atoms with Crippen LogP contribution in [-0.2, 0) is 13.5 Å². The van der Waals surface area contributed by atoms with E-state index in [1.165, 1.54) is 0 Å². The average molecular weight is 257 g/mol. The van der Waals surface area contributed by atoms with Crippen LogP contribution in [0.25, 0.3) is 5.82 Å². The Kier molecular flexibility index (Phi) is 2.46. The number of Topliss-reactive ketones (excluding diaryl/α,β-unsaturated/α-hetero) is 1. The molecule has 2 aromatic heterocycles. The SMILES string of the molecule is Cc1cc2c(n1-c1ccn(C)n1)CC(C)(C)CC2=O. The molecule has 1 aliphatic rings. The van der Waals surface area contributed by atoms with Gasteiger partial charge in [-0.25, -0.2) is 0 Å². The number of hydrogen-bond acceptors (Lipinski definition) is 2. The van der Waals surface area contributed by atoms with E-state index in [0.29, 0.717) is 6.42 Å². The zero-order valence-corrected chi connectivity index (χ0v) is 11.9. The molecule has 0 atom stereocenters. The van der Waals surface area contributed by atoms with Crippen molar-refractivity contribution in [3.05, 3.63) is 35.3 Å². The van der Waals surface area contributed by atoms with Crippen LogP contribution in [0.2, 0.25) is 0 Å². The van der Waals surface area contributed by atoms with Crippen LogP contribution in [0.5, 0.6) is 0 Å². The predicted molar refractivity (Wildman–Crippen MR) is 73.7 cm³/mol. The summed E-state index contributed by atoms with van der Waals surface area (Å²) in [5.41, 5.74) is 3.09. The van der Waals surface area contributed by atoms with Crippen molar-refractivity contribution in [3.63, 3.8) is 0 Å². The molecule has 2 heterocycles. The maximum atomic E-state index is 12.3. The molecule has 19 heavy (non-hydrogen) atoms. The van der Waals surface area contributed by atoms with E-state index in [1.807, 2.05) is 32.3 Å². The number of hydrogen-bond donors (Lipinski definition) is 0. The second-order valence-corrected chi connectivity index (χ2v) is 6.27. The van der Waals surface area contributed by atoms with Gasteiger partial charge in [0.2, 0.25) is 0 Å². The summed E-state index contributed by atoms with van der Waals surface area (Å²) in [5.74, 6) is 1.15. The molecule has 0 radical (unpaired) electrons. The van der Waals surface area contributed by atoms with E-state index in [1.54, 1.807) is 4.68 Å². The first-order valence-electron chi connectivity index (χ1n) is 6.62. The molecule has 4 heteroatoms. The highest BCUT2D eigenvalue weighted by molar-refractivity contribution is 5.99. The summed E-state index contributed by atoms with van der Waals surface area (Å²) >= 11 is 0. The van der Waals surface area contributed by atoms with E-state index in [-0.39, 0.29) is 11.2 Å². The molecule has 0 saturated heterocycles. The lowest BCUT2D eigenvalue weighted by Gasteiger charge is -2.29. The predicted octanol–water partition coefficient (Wildman–Crippen LogP) is 2.67. The minimum absolute atomic E-state index is 0.0292. The van der Waals surface area contributed by atoms with Gasteiger partial charge in [0, 0.05) is 42.7 Å². The van der Waals surface area contributed by atoms with Gasteiger partial charge in [0.25, 0.3) is 0 Å². The molecule has 0 bridgehead atoms. The van der Waals surface area contributed by atoms with Crippen molar-refractivity contribution in [2.75, 3.05) is 0 Å². The van der Waals surface area contributed by atoms with Crippen LogP contribution < -0.4 is 0 Å². The van der Waals surface area contributed by atoms with Crippen molar-refractivity contribution in [1.82, 2.24) is 14.3 Å². The zero-order chi connectivity index (χ0) is 13.8. The van der Waals surface area contributed by atoms with Gasteiger partial charge in [-0.2, -0.15) is 5.10 Å². The number of ketones is 1. The number of aromatic nitrogens is 3. The van der Waals surface area contributed by atoms with Crippen LogP contribution in [0, 0.1) is 12.3 Å². The van der Waals surface area contributed by atoms with Crippen LogP contribution in [0.1, 0.15) is 42.0 Å². The minimum atomic E-state index is 0.0292. The molecule has 0 fully saturated rings. The summed E-state index contributed by atoms with van der Waals surface area (Å²) in [7, 11) is 1.91. The summed E-state index contributed by atoms with van der Waals surface area (Å²) in [5, 5.41) is 4.46. The fourth-order valence-corrected chi connectivity index (χ4v) is 2.99.